The topological polar surface area (TPSA) is 46.6 Å². The predicted octanol–water partition coefficient (Wildman–Crippen LogP) is 3.92. The number of ether oxygens (including phenoxy) is 1. The van der Waals surface area contributed by atoms with E-state index in [1.807, 2.05) is 45.9 Å². The molecule has 2 rings (SSSR count). The molecule has 0 saturated carbocycles. The molecule has 2 aromatic rings. The normalized spacial score (nSPS) is 11.3. The molecule has 5 heteroatoms. The number of nitrogens with zero attached hydrogens (tertiary/aromatic N) is 1. The molecular weight excluding hydrogens is 310 g/mol. The van der Waals surface area contributed by atoms with E-state index < -0.39 is 10.0 Å². The molecule has 0 amide bonds. The van der Waals surface area contributed by atoms with E-state index in [9.17, 15) is 8.42 Å². The molecule has 0 aliphatic rings. The Bertz CT molecular complexity index is 767. The van der Waals surface area contributed by atoms with E-state index in [1.165, 1.54) is 4.31 Å². The van der Waals surface area contributed by atoms with Gasteiger partial charge in [0, 0.05) is 6.54 Å². The number of sulfonamides is 1. The second-order valence-corrected chi connectivity index (χ2v) is 7.21. The lowest BCUT2D eigenvalue weighted by Gasteiger charge is -2.23. The maximum absolute atomic E-state index is 12.9. The average molecular weight is 333 g/mol. The molecule has 23 heavy (non-hydrogen) atoms. The molecule has 0 fully saturated rings. The minimum Gasteiger partial charge on any atom is -0.494 e. The maximum Gasteiger partial charge on any atom is 0.264 e. The van der Waals surface area contributed by atoms with Gasteiger partial charge in [-0.15, -0.1) is 0 Å². The lowest BCUT2D eigenvalue weighted by atomic mass is 10.1. The van der Waals surface area contributed by atoms with Crippen molar-refractivity contribution in [3.63, 3.8) is 0 Å². The molecule has 0 heterocycles. The van der Waals surface area contributed by atoms with Crippen LogP contribution in [0.1, 0.15) is 25.0 Å². The molecule has 2 aromatic carbocycles. The molecule has 0 aliphatic carbocycles. The molecule has 0 saturated heterocycles. The van der Waals surface area contributed by atoms with Crippen molar-refractivity contribution in [3.05, 3.63) is 53.6 Å². The first-order valence-corrected chi connectivity index (χ1v) is 9.17. The Hall–Kier alpha value is -2.01. The minimum absolute atomic E-state index is 0.265. The summed E-state index contributed by atoms with van der Waals surface area (Å²) in [6, 6.07) is 12.2. The van der Waals surface area contributed by atoms with E-state index in [-0.39, 0.29) is 4.90 Å². The first-order valence-electron chi connectivity index (χ1n) is 7.73. The van der Waals surface area contributed by atoms with Crippen LogP contribution in [0.15, 0.2) is 47.4 Å². The van der Waals surface area contributed by atoms with Crippen LogP contribution in [0.2, 0.25) is 0 Å². The van der Waals surface area contributed by atoms with Gasteiger partial charge in [-0.05, 0) is 75.2 Å². The molecule has 0 aliphatic heterocycles. The number of benzene rings is 2. The molecule has 0 atom stereocenters. The van der Waals surface area contributed by atoms with Crippen LogP contribution in [-0.2, 0) is 10.0 Å². The summed E-state index contributed by atoms with van der Waals surface area (Å²) in [5, 5.41) is 0. The first-order chi connectivity index (χ1) is 10.9. The standard InChI is InChI=1S/C18H23NO3S/c1-5-19(16-8-7-14(3)15(4)13-16)23(20,21)18-11-9-17(10-12-18)22-6-2/h7-13H,5-6H2,1-4H3. The highest BCUT2D eigenvalue weighted by Crippen LogP contribution is 2.26. The first kappa shape index (κ1) is 17.3. The lowest BCUT2D eigenvalue weighted by Crippen LogP contribution is -2.30. The Morgan fingerprint density at radius 3 is 2.13 bits per heavy atom. The van der Waals surface area contributed by atoms with Gasteiger partial charge in [0.05, 0.1) is 17.2 Å². The Morgan fingerprint density at radius 2 is 1.61 bits per heavy atom. The molecular formula is C18H23NO3S. The van der Waals surface area contributed by atoms with Gasteiger partial charge >= 0.3 is 0 Å². The van der Waals surface area contributed by atoms with E-state index in [1.54, 1.807) is 24.3 Å². The van der Waals surface area contributed by atoms with Crippen molar-refractivity contribution < 1.29 is 13.2 Å². The zero-order valence-electron chi connectivity index (χ0n) is 14.0. The fraction of sp³-hybridized carbons (Fsp3) is 0.333. The Balaban J connectivity index is 2.40. The number of hydrogen-bond acceptors (Lipinski definition) is 3. The van der Waals surface area contributed by atoms with Gasteiger partial charge in [-0.3, -0.25) is 4.31 Å². The third-order valence-corrected chi connectivity index (χ3v) is 5.71. The highest BCUT2D eigenvalue weighted by atomic mass is 32.2. The van der Waals surface area contributed by atoms with Crippen LogP contribution >= 0.6 is 0 Å². The highest BCUT2D eigenvalue weighted by molar-refractivity contribution is 7.92. The molecule has 0 aromatic heterocycles. The summed E-state index contributed by atoms with van der Waals surface area (Å²) in [5.74, 6) is 0.667. The van der Waals surface area contributed by atoms with Crippen LogP contribution in [0.5, 0.6) is 5.75 Å². The number of rotatable bonds is 6. The molecule has 124 valence electrons. The van der Waals surface area contributed by atoms with Crippen molar-refractivity contribution in [2.75, 3.05) is 17.5 Å². The zero-order valence-corrected chi connectivity index (χ0v) is 14.9. The van der Waals surface area contributed by atoms with Crippen molar-refractivity contribution in [1.29, 1.82) is 0 Å². The number of hydrogen-bond donors (Lipinski definition) is 0. The lowest BCUT2D eigenvalue weighted by molar-refractivity contribution is 0.340. The van der Waals surface area contributed by atoms with Crippen LogP contribution in [-0.4, -0.2) is 21.6 Å². The fourth-order valence-electron chi connectivity index (χ4n) is 2.37. The van der Waals surface area contributed by atoms with Crippen LogP contribution < -0.4 is 9.04 Å². The quantitative estimate of drug-likeness (QED) is 0.805. The molecule has 0 bridgehead atoms. The zero-order chi connectivity index (χ0) is 17.0. The van der Waals surface area contributed by atoms with Crippen LogP contribution in [0.25, 0.3) is 0 Å². The van der Waals surface area contributed by atoms with Crippen molar-refractivity contribution >= 4 is 15.7 Å². The van der Waals surface area contributed by atoms with Crippen molar-refractivity contribution in [3.8, 4) is 5.75 Å². The monoisotopic (exact) mass is 333 g/mol. The Morgan fingerprint density at radius 1 is 0.957 bits per heavy atom. The summed E-state index contributed by atoms with van der Waals surface area (Å²) in [6.45, 7) is 8.64. The van der Waals surface area contributed by atoms with Gasteiger partial charge in [0.15, 0.2) is 0 Å². The Kier molecular flexibility index (Phi) is 5.31. The van der Waals surface area contributed by atoms with Gasteiger partial charge in [-0.25, -0.2) is 8.42 Å². The van der Waals surface area contributed by atoms with E-state index in [0.29, 0.717) is 24.6 Å². The second kappa shape index (κ2) is 7.04. The third-order valence-electron chi connectivity index (χ3n) is 3.79. The second-order valence-electron chi connectivity index (χ2n) is 5.34. The average Bonchev–Trinajstić information content (AvgIpc) is 2.52. The van der Waals surface area contributed by atoms with Crippen molar-refractivity contribution in [1.82, 2.24) is 0 Å². The van der Waals surface area contributed by atoms with Gasteiger partial charge < -0.3 is 4.74 Å². The molecule has 4 nitrogen and oxygen atoms in total. The van der Waals surface area contributed by atoms with Gasteiger partial charge in [0.25, 0.3) is 10.0 Å². The van der Waals surface area contributed by atoms with Crippen LogP contribution in [0.3, 0.4) is 0 Å². The minimum atomic E-state index is -3.59. The smallest absolute Gasteiger partial charge is 0.264 e. The largest absolute Gasteiger partial charge is 0.494 e. The van der Waals surface area contributed by atoms with Gasteiger partial charge in [0.1, 0.15) is 5.75 Å². The summed E-state index contributed by atoms with van der Waals surface area (Å²) in [5.41, 5.74) is 2.90. The molecule has 0 N–H and O–H groups in total. The third kappa shape index (κ3) is 3.67. The number of anilines is 1. The maximum atomic E-state index is 12.9. The summed E-state index contributed by atoms with van der Waals surface area (Å²) < 4.78 is 32.6. The van der Waals surface area contributed by atoms with Gasteiger partial charge in [-0.1, -0.05) is 6.07 Å². The summed E-state index contributed by atoms with van der Waals surface area (Å²) in [4.78, 5) is 0.265. The van der Waals surface area contributed by atoms with E-state index in [2.05, 4.69) is 0 Å². The Labute approximate surface area is 138 Å². The SMILES string of the molecule is CCOc1ccc(S(=O)(=O)N(CC)c2ccc(C)c(C)c2)cc1. The summed E-state index contributed by atoms with van der Waals surface area (Å²) in [6.07, 6.45) is 0. The highest BCUT2D eigenvalue weighted by Gasteiger charge is 2.23. The van der Waals surface area contributed by atoms with Gasteiger partial charge in [-0.2, -0.15) is 0 Å². The van der Waals surface area contributed by atoms with Crippen molar-refractivity contribution in [2.45, 2.75) is 32.6 Å². The van der Waals surface area contributed by atoms with E-state index in [4.69, 9.17) is 4.74 Å². The summed E-state index contributed by atoms with van der Waals surface area (Å²) >= 11 is 0. The van der Waals surface area contributed by atoms with E-state index >= 15 is 0 Å². The number of aryl methyl sites for hydroxylation is 2. The van der Waals surface area contributed by atoms with Crippen LogP contribution in [0.4, 0.5) is 5.69 Å². The van der Waals surface area contributed by atoms with Crippen molar-refractivity contribution in [2.24, 2.45) is 0 Å². The molecule has 0 unspecified atom stereocenters. The fourth-order valence-corrected chi connectivity index (χ4v) is 3.84. The molecule has 0 spiro atoms. The van der Waals surface area contributed by atoms with Crippen LogP contribution in [0, 0.1) is 13.8 Å². The molecule has 0 radical (unpaired) electrons. The predicted molar refractivity (Wildman–Crippen MR) is 93.7 cm³/mol. The van der Waals surface area contributed by atoms with E-state index in [0.717, 1.165) is 11.1 Å². The van der Waals surface area contributed by atoms with Gasteiger partial charge in [0.2, 0.25) is 0 Å². The summed E-state index contributed by atoms with van der Waals surface area (Å²) in [7, 11) is -3.59.